The van der Waals surface area contributed by atoms with E-state index in [0.29, 0.717) is 13.1 Å². The van der Waals surface area contributed by atoms with Crippen LogP contribution in [0.3, 0.4) is 0 Å². The van der Waals surface area contributed by atoms with Crippen molar-refractivity contribution in [3.8, 4) is 0 Å². The fraction of sp³-hybridized carbons (Fsp3) is 0.417. The lowest BCUT2D eigenvalue weighted by Gasteiger charge is -2.19. The van der Waals surface area contributed by atoms with E-state index >= 15 is 0 Å². The molecule has 1 fully saturated rings. The number of nitrogens with zero attached hydrogens (tertiary/aromatic N) is 2. The third kappa shape index (κ3) is 2.98. The molecule has 0 spiro atoms. The summed E-state index contributed by atoms with van der Waals surface area (Å²) in [6.07, 6.45) is 3.57. The molecule has 7 heteroatoms. The van der Waals surface area contributed by atoms with Crippen molar-refractivity contribution >= 4 is 17.8 Å². The summed E-state index contributed by atoms with van der Waals surface area (Å²) in [7, 11) is 0. The van der Waals surface area contributed by atoms with Crippen LogP contribution in [0.4, 0.5) is 15.8 Å². The summed E-state index contributed by atoms with van der Waals surface area (Å²) in [5.74, 6) is -0.652. The van der Waals surface area contributed by atoms with Crippen LogP contribution in [0.25, 0.3) is 0 Å². The number of nitrogens with one attached hydrogen (secondary N) is 1. The van der Waals surface area contributed by atoms with Gasteiger partial charge in [-0.25, -0.2) is 4.39 Å². The number of hydrogen-bond donors (Lipinski definition) is 1. The number of likely N-dealkylation sites (tertiary alicyclic amines) is 1. The van der Waals surface area contributed by atoms with Crippen molar-refractivity contribution in [2.45, 2.75) is 18.9 Å². The quantitative estimate of drug-likeness (QED) is 0.649. The number of halogens is 1. The van der Waals surface area contributed by atoms with Gasteiger partial charge in [-0.15, -0.1) is 0 Å². The molecule has 1 atom stereocenters. The molecule has 1 aliphatic rings. The van der Waals surface area contributed by atoms with E-state index in [-0.39, 0.29) is 17.4 Å². The highest BCUT2D eigenvalue weighted by molar-refractivity contribution is 5.61. The first-order chi connectivity index (χ1) is 9.11. The van der Waals surface area contributed by atoms with Gasteiger partial charge >= 0.3 is 6.41 Å². The van der Waals surface area contributed by atoms with Crippen LogP contribution in [0.1, 0.15) is 12.8 Å². The summed E-state index contributed by atoms with van der Waals surface area (Å²) < 4.78 is 13.0. The second-order valence-electron chi connectivity index (χ2n) is 4.38. The van der Waals surface area contributed by atoms with Crippen LogP contribution < -0.4 is 5.32 Å². The van der Waals surface area contributed by atoms with Gasteiger partial charge in [0.25, 0.3) is 5.69 Å². The Hall–Kier alpha value is -2.18. The van der Waals surface area contributed by atoms with E-state index in [1.165, 1.54) is 6.07 Å². The molecule has 6 nitrogen and oxygen atoms in total. The topological polar surface area (TPSA) is 75.5 Å². The molecule has 1 heterocycles. The minimum Gasteiger partial charge on any atom is -0.377 e. The van der Waals surface area contributed by atoms with E-state index in [9.17, 15) is 19.3 Å². The molecular formula is C12H13FN3O3. The van der Waals surface area contributed by atoms with Crippen LogP contribution >= 0.6 is 0 Å². The maximum absolute atomic E-state index is 13.0. The lowest BCUT2D eigenvalue weighted by Crippen LogP contribution is -2.33. The summed E-state index contributed by atoms with van der Waals surface area (Å²) in [6.45, 7) is 1.04. The predicted octanol–water partition coefficient (Wildman–Crippen LogP) is 1.68. The van der Waals surface area contributed by atoms with Gasteiger partial charge in [-0.05, 0) is 25.0 Å². The molecule has 2 rings (SSSR count). The van der Waals surface area contributed by atoms with Crippen molar-refractivity contribution in [3.63, 3.8) is 0 Å². The van der Waals surface area contributed by atoms with Crippen LogP contribution in [0.5, 0.6) is 0 Å². The molecule has 1 N–H and O–H groups in total. The second kappa shape index (κ2) is 5.64. The lowest BCUT2D eigenvalue weighted by molar-refractivity contribution is -0.384. The van der Waals surface area contributed by atoms with Gasteiger partial charge in [0.1, 0.15) is 11.5 Å². The smallest absolute Gasteiger partial charge is 0.312 e. The standard InChI is InChI=1S/C12H13FN3O3/c13-9-3-4-11(12(6-9)16(18)19)14-7-10-2-1-5-15(10)8-17/h3-4,6,10,14H,1-2,5,7H2/t10-/m0/s1. The zero-order valence-electron chi connectivity index (χ0n) is 10.1. The lowest BCUT2D eigenvalue weighted by atomic mass is 10.2. The van der Waals surface area contributed by atoms with Crippen molar-refractivity contribution in [2.24, 2.45) is 0 Å². The van der Waals surface area contributed by atoms with Gasteiger partial charge in [-0.3, -0.25) is 14.9 Å². The Morgan fingerprint density at radius 1 is 1.58 bits per heavy atom. The third-order valence-corrected chi connectivity index (χ3v) is 3.18. The van der Waals surface area contributed by atoms with E-state index in [2.05, 4.69) is 5.32 Å². The molecule has 1 aliphatic heterocycles. The Morgan fingerprint density at radius 3 is 3.05 bits per heavy atom. The van der Waals surface area contributed by atoms with Crippen LogP contribution in [-0.4, -0.2) is 35.4 Å². The molecule has 1 saturated heterocycles. The predicted molar refractivity (Wildman–Crippen MR) is 67.0 cm³/mol. The number of nitro groups is 1. The molecule has 0 saturated carbocycles. The highest BCUT2D eigenvalue weighted by Gasteiger charge is 2.24. The summed E-state index contributed by atoms with van der Waals surface area (Å²) in [5.41, 5.74) is -0.0521. The minimum absolute atomic E-state index is 0.0258. The van der Waals surface area contributed by atoms with Crippen LogP contribution in [0, 0.1) is 15.9 Å². The van der Waals surface area contributed by atoms with Gasteiger partial charge in [0.15, 0.2) is 0 Å². The molecule has 1 radical (unpaired) electrons. The molecular weight excluding hydrogens is 253 g/mol. The maximum atomic E-state index is 13.0. The first-order valence-corrected chi connectivity index (χ1v) is 5.94. The molecule has 0 aliphatic carbocycles. The van der Waals surface area contributed by atoms with Crippen molar-refractivity contribution in [1.82, 2.24) is 4.90 Å². The first kappa shape index (κ1) is 13.3. The molecule has 1 aromatic rings. The van der Waals surface area contributed by atoms with Gasteiger partial charge in [0.2, 0.25) is 0 Å². The fourth-order valence-corrected chi connectivity index (χ4v) is 2.20. The minimum atomic E-state index is -0.652. The van der Waals surface area contributed by atoms with Gasteiger partial charge in [0.05, 0.1) is 11.0 Å². The van der Waals surface area contributed by atoms with E-state index in [1.54, 1.807) is 4.90 Å². The summed E-state index contributed by atoms with van der Waals surface area (Å²) in [4.78, 5) is 22.4. The van der Waals surface area contributed by atoms with Crippen LogP contribution in [-0.2, 0) is 4.79 Å². The average molecular weight is 266 g/mol. The number of benzene rings is 1. The zero-order valence-corrected chi connectivity index (χ0v) is 10.1. The maximum Gasteiger partial charge on any atom is 0.312 e. The monoisotopic (exact) mass is 266 g/mol. The molecule has 1 amide bonds. The highest BCUT2D eigenvalue weighted by atomic mass is 19.1. The van der Waals surface area contributed by atoms with E-state index in [1.807, 2.05) is 6.41 Å². The van der Waals surface area contributed by atoms with Crippen molar-refractivity contribution in [1.29, 1.82) is 0 Å². The highest BCUT2D eigenvalue weighted by Crippen LogP contribution is 2.25. The Labute approximate surface area is 109 Å². The molecule has 0 unspecified atom stereocenters. The number of amides is 1. The van der Waals surface area contributed by atoms with E-state index in [0.717, 1.165) is 25.0 Å². The SMILES string of the molecule is O=[C]N1CCC[C@H]1CNc1ccc(F)cc1[N+](=O)[O-]. The molecule has 1 aromatic carbocycles. The Balaban J connectivity index is 2.07. The van der Waals surface area contributed by atoms with Crippen molar-refractivity contribution < 1.29 is 14.1 Å². The first-order valence-electron chi connectivity index (χ1n) is 5.94. The number of carbonyl (C=O) groups excluding carboxylic acids is 1. The number of nitro benzene ring substituents is 1. The number of rotatable bonds is 5. The van der Waals surface area contributed by atoms with Crippen LogP contribution in [0.15, 0.2) is 18.2 Å². The number of hydrogen-bond acceptors (Lipinski definition) is 4. The molecule has 0 aromatic heterocycles. The largest absolute Gasteiger partial charge is 0.377 e. The van der Waals surface area contributed by atoms with Gasteiger partial charge in [-0.2, -0.15) is 0 Å². The summed E-state index contributed by atoms with van der Waals surface area (Å²) >= 11 is 0. The van der Waals surface area contributed by atoms with E-state index < -0.39 is 10.7 Å². The van der Waals surface area contributed by atoms with Gasteiger partial charge < -0.3 is 10.2 Å². The average Bonchev–Trinajstić information content (AvgIpc) is 2.84. The van der Waals surface area contributed by atoms with Gasteiger partial charge in [0, 0.05) is 19.1 Å². The summed E-state index contributed by atoms with van der Waals surface area (Å²) in [6, 6.07) is 3.34. The fourth-order valence-electron chi connectivity index (χ4n) is 2.20. The van der Waals surface area contributed by atoms with E-state index in [4.69, 9.17) is 0 Å². The molecule has 0 bridgehead atoms. The van der Waals surface area contributed by atoms with Crippen molar-refractivity contribution in [2.75, 3.05) is 18.4 Å². The Morgan fingerprint density at radius 2 is 2.37 bits per heavy atom. The Bertz CT molecular complexity index is 495. The van der Waals surface area contributed by atoms with Crippen LogP contribution in [0.2, 0.25) is 0 Å². The van der Waals surface area contributed by atoms with Gasteiger partial charge in [-0.1, -0.05) is 0 Å². The molecule has 101 valence electrons. The summed E-state index contributed by atoms with van der Waals surface area (Å²) in [5, 5.41) is 13.7. The second-order valence-corrected chi connectivity index (χ2v) is 4.38. The third-order valence-electron chi connectivity index (χ3n) is 3.18. The normalized spacial score (nSPS) is 18.4. The zero-order chi connectivity index (χ0) is 13.8. The Kier molecular flexibility index (Phi) is 3.94. The van der Waals surface area contributed by atoms with Crippen molar-refractivity contribution in [3.05, 3.63) is 34.1 Å². The number of anilines is 1. The molecule has 19 heavy (non-hydrogen) atoms.